The molecule has 16 aromatic rings. The highest BCUT2D eigenvalue weighted by atomic mass is 32.2. The second-order valence-electron chi connectivity index (χ2n) is 35.0. The molecule has 0 amide bonds. The van der Waals surface area contributed by atoms with Crippen LogP contribution in [-0.2, 0) is 59.3 Å². The third-order valence-electron chi connectivity index (χ3n) is 24.5. The summed E-state index contributed by atoms with van der Waals surface area (Å²) in [6.45, 7) is 14.1. The molecule has 22 rings (SSSR count). The first-order chi connectivity index (χ1) is 71.6. The van der Waals surface area contributed by atoms with E-state index >= 15 is 0 Å². The van der Waals surface area contributed by atoms with Crippen molar-refractivity contribution in [1.82, 2.24) is 143 Å². The molecule has 0 unspecified atom stereocenters. The first-order valence-corrected chi connectivity index (χ1v) is 56.8. The Balaban J connectivity index is 0.000000121. The Morgan fingerprint density at radius 2 is 0.571 bits per heavy atom. The van der Waals surface area contributed by atoms with Crippen LogP contribution in [0.15, 0.2) is 183 Å². The van der Waals surface area contributed by atoms with E-state index in [0.717, 1.165) is 222 Å². The number of nitrogens with zero attached hydrogens (tertiary/aromatic N) is 22. The Kier molecular flexibility index (Phi) is 37.7. The standard InChI is InChI=1S/C16H16F2N6OS.2C16H17FN6OS.C16H19FN2O3S2.C16H18N6OS.C16H20N2O3S2/c17-13-5-12(24-9-20-22-23-24)6-14(18)15(13)25-7-11-8-26-16(21-11)10-1-3-19-4-2-10;17-14-7-13(1-2-15(14)23-10-19-21-22-23)24-8-12-9-25-16(20-12)11-3-5-18-6-4-11;17-14-7-13(23-10-19-21-22-23)1-2-15(14)24-8-12-9-25-16(20-12)11-3-5-18-6-4-11;1-24(20,21)13-2-3-15(14(17)8-13)22-9-12-10-23-16(19-12)11-4-6-18-7-5-11;1-3-15(4-2-14(1)22-11-18-20-21-22)23-9-13-10-24-16(19-13)12-5-7-17-8-6-12;1-23(19,20)15-4-2-14(3-5-15)21-10-13-11-22-16(18-13)12-6-8-17-9-7-12/h5-6,8-10,19H,1-4,7H2;2*1-2,7,9-11,18H,3-6,8H2;2-3,8,10-11,18H,4-7,9H2,1H3;1-4,10-12,17H,5-9H2;2-5,11-12,17H,6-10H2,1H3. The normalized spacial score (nSPS) is 15.7. The molecule has 10 aromatic heterocycles. The molecule has 38 nitrogen and oxygen atoms in total. The second-order valence-corrected chi connectivity index (χ2v) is 44.4. The lowest BCUT2D eigenvalue weighted by Gasteiger charge is -2.20. The lowest BCUT2D eigenvalue weighted by Crippen LogP contribution is -2.26. The summed E-state index contributed by atoms with van der Waals surface area (Å²) in [5, 5.41) is 82.1. The fourth-order valence-electron chi connectivity index (χ4n) is 16.5. The van der Waals surface area contributed by atoms with Crippen molar-refractivity contribution >= 4 is 87.7 Å². The van der Waals surface area contributed by atoms with Gasteiger partial charge in [-0.2, -0.15) is 4.68 Å². The number of nitrogens with one attached hydrogen (secondary N) is 6. The quantitative estimate of drug-likeness (QED) is 0.0228. The maximum Gasteiger partial charge on any atom is 0.191 e. The second kappa shape index (κ2) is 52.4. The van der Waals surface area contributed by atoms with E-state index in [4.69, 9.17) is 33.4 Å². The van der Waals surface area contributed by atoms with Crippen molar-refractivity contribution in [3.63, 3.8) is 0 Å². The third-order valence-corrected chi connectivity index (χ3v) is 33.1. The molecule has 0 aliphatic carbocycles. The van der Waals surface area contributed by atoms with Gasteiger partial charge < -0.3 is 60.3 Å². The number of sulfone groups is 2. The van der Waals surface area contributed by atoms with Gasteiger partial charge in [0, 0.05) is 105 Å². The predicted octanol–water partition coefficient (Wildman–Crippen LogP) is 14.5. The summed E-state index contributed by atoms with van der Waals surface area (Å²) in [7, 11) is -6.60. The first-order valence-electron chi connectivity index (χ1n) is 47.7. The number of ether oxygens (including phenoxy) is 6. The minimum Gasteiger partial charge on any atom is -0.487 e. The van der Waals surface area contributed by atoms with Gasteiger partial charge in [0.25, 0.3) is 0 Å². The maximum atomic E-state index is 14.2. The molecular weight excluding hydrogens is 2060 g/mol. The molecule has 6 aromatic carbocycles. The summed E-state index contributed by atoms with van der Waals surface area (Å²) < 4.78 is 155. The summed E-state index contributed by atoms with van der Waals surface area (Å²) in [6, 6.07) is 29.3. The molecule has 6 saturated heterocycles. The Hall–Kier alpha value is -12.5. The minimum absolute atomic E-state index is 0.0134. The van der Waals surface area contributed by atoms with Gasteiger partial charge in [0.2, 0.25) is 0 Å². The molecule has 147 heavy (non-hydrogen) atoms. The van der Waals surface area contributed by atoms with E-state index in [2.05, 4.69) is 124 Å². The number of benzene rings is 6. The predicted molar refractivity (Wildman–Crippen MR) is 543 cm³/mol. The largest absolute Gasteiger partial charge is 0.487 e. The molecule has 774 valence electrons. The van der Waals surface area contributed by atoms with Gasteiger partial charge in [-0.05, 0) is 288 Å². The van der Waals surface area contributed by atoms with E-state index in [0.29, 0.717) is 83.1 Å². The van der Waals surface area contributed by atoms with E-state index in [1.807, 2.05) is 51.2 Å². The van der Waals surface area contributed by atoms with Gasteiger partial charge in [-0.25, -0.2) is 82.7 Å². The Labute approximate surface area is 867 Å². The van der Waals surface area contributed by atoms with E-state index in [9.17, 15) is 38.8 Å². The van der Waals surface area contributed by atoms with Gasteiger partial charge in [0.05, 0.1) is 91.1 Å². The van der Waals surface area contributed by atoms with Crippen molar-refractivity contribution in [1.29, 1.82) is 0 Å². The van der Waals surface area contributed by atoms with Gasteiger partial charge in [-0.1, -0.05) is 0 Å². The fraction of sp³-hybridized carbons (Fsp3) is 0.396. The van der Waals surface area contributed by atoms with Crippen LogP contribution in [0.2, 0.25) is 0 Å². The molecule has 0 radical (unpaired) electrons. The van der Waals surface area contributed by atoms with Crippen LogP contribution < -0.4 is 60.3 Å². The summed E-state index contributed by atoms with van der Waals surface area (Å²) in [4.78, 5) is 28.1. The zero-order valence-corrected chi connectivity index (χ0v) is 86.5. The highest BCUT2D eigenvalue weighted by Gasteiger charge is 2.28. The van der Waals surface area contributed by atoms with E-state index in [-0.39, 0.29) is 47.6 Å². The van der Waals surface area contributed by atoms with E-state index in [1.54, 1.807) is 128 Å². The Morgan fingerprint density at radius 1 is 0.293 bits per heavy atom. The van der Waals surface area contributed by atoms with Gasteiger partial charge in [-0.3, -0.25) is 0 Å². The zero-order chi connectivity index (χ0) is 102. The number of rotatable bonds is 30. The number of halogens is 5. The molecule has 51 heteroatoms. The first kappa shape index (κ1) is 106. The van der Waals surface area contributed by atoms with Gasteiger partial charge >= 0.3 is 0 Å². The Bertz CT molecular complexity index is 7000. The highest BCUT2D eigenvalue weighted by Crippen LogP contribution is 2.37. The van der Waals surface area contributed by atoms with Gasteiger partial charge in [-0.15, -0.1) is 88.4 Å². The zero-order valence-electron chi connectivity index (χ0n) is 80.0. The summed E-state index contributed by atoms with van der Waals surface area (Å²) in [5.41, 5.74) is 6.97. The lowest BCUT2D eigenvalue weighted by atomic mass is 9.99. The molecule has 0 atom stereocenters. The maximum absolute atomic E-state index is 14.2. The van der Waals surface area contributed by atoms with Crippen molar-refractivity contribution in [2.45, 2.75) is 162 Å². The van der Waals surface area contributed by atoms with Crippen LogP contribution in [0.25, 0.3) is 22.7 Å². The van der Waals surface area contributed by atoms with Crippen molar-refractivity contribution in [3.05, 3.63) is 266 Å². The van der Waals surface area contributed by atoms with Crippen LogP contribution in [-0.4, -0.2) is 219 Å². The smallest absolute Gasteiger partial charge is 0.191 e. The summed E-state index contributed by atoms with van der Waals surface area (Å²) in [6.07, 6.45) is 21.2. The average Bonchev–Trinajstić information content (AvgIpc) is 1.53. The van der Waals surface area contributed by atoms with Gasteiger partial charge in [0.15, 0.2) is 66.0 Å². The molecule has 0 spiro atoms. The average molecular weight is 2160 g/mol. The lowest BCUT2D eigenvalue weighted by molar-refractivity contribution is 0.270. The summed E-state index contributed by atoms with van der Waals surface area (Å²) in [5.74, 6) is 1.61. The third kappa shape index (κ3) is 30.6. The number of hydrogen-bond acceptors (Lipinski definition) is 40. The van der Waals surface area contributed by atoms with Crippen molar-refractivity contribution in [2.24, 2.45) is 0 Å². The van der Waals surface area contributed by atoms with Gasteiger partial charge in [0.1, 0.15) is 87.9 Å². The number of hydrogen-bond donors (Lipinski definition) is 6. The molecule has 6 aliphatic heterocycles. The molecule has 0 bridgehead atoms. The molecule has 6 aliphatic rings. The van der Waals surface area contributed by atoms with Crippen LogP contribution in [0.3, 0.4) is 0 Å². The van der Waals surface area contributed by atoms with Crippen LogP contribution in [0.1, 0.15) is 177 Å². The van der Waals surface area contributed by atoms with Crippen LogP contribution in [0.4, 0.5) is 22.0 Å². The fourth-order valence-corrected chi connectivity index (χ4v) is 23.7. The highest BCUT2D eigenvalue weighted by molar-refractivity contribution is 7.91. The number of tetrazole rings is 4. The number of aromatic nitrogens is 22. The molecule has 6 N–H and O–H groups in total. The SMILES string of the molecule is CS(=O)(=O)c1ccc(OCc2csc(C3CCNCC3)n2)c(F)c1.CS(=O)(=O)c1ccc(OCc2csc(C3CCNCC3)n2)cc1.Fc1cc(-n2cnnn2)cc(F)c1OCc1csc(C2CCNCC2)n1.Fc1cc(-n2cnnn2)ccc1OCc1csc(C2CCNCC2)n1.Fc1cc(OCc2csc(C3CCNCC3)n2)ccc1-n1cnnn1.c1cc(-n2cnnn2)ccc1OCc1csc(C2CCNCC2)n1. The topological polar surface area (TPSA) is 448 Å². The molecule has 0 saturated carbocycles. The van der Waals surface area contributed by atoms with E-state index in [1.165, 1.54) is 91.4 Å². The number of piperidine rings is 6. The molecular formula is C96H107F5N28O10S8. The number of thiazole rings is 6. The minimum atomic E-state index is -3.43. The van der Waals surface area contributed by atoms with Crippen molar-refractivity contribution in [2.75, 3.05) is 91.0 Å². The van der Waals surface area contributed by atoms with E-state index < -0.39 is 54.5 Å². The van der Waals surface area contributed by atoms with Crippen LogP contribution >= 0.6 is 68.0 Å². The van der Waals surface area contributed by atoms with Crippen molar-refractivity contribution in [3.8, 4) is 57.2 Å². The molecule has 6 fully saturated rings. The monoisotopic (exact) mass is 2160 g/mol. The molecule has 16 heterocycles. The van der Waals surface area contributed by atoms with Crippen LogP contribution in [0, 0.1) is 29.1 Å². The Morgan fingerprint density at radius 3 is 0.898 bits per heavy atom. The summed E-state index contributed by atoms with van der Waals surface area (Å²) >= 11 is 9.96. The van der Waals surface area contributed by atoms with Crippen LogP contribution in [0.5, 0.6) is 34.5 Å². The van der Waals surface area contributed by atoms with Crippen molar-refractivity contribution < 1.29 is 67.2 Å².